The minimum atomic E-state index is 0.753. The second-order valence-corrected chi connectivity index (χ2v) is 2.68. The van der Waals surface area contributed by atoms with Gasteiger partial charge in [-0.25, -0.2) is 9.98 Å². The summed E-state index contributed by atoms with van der Waals surface area (Å²) in [6.45, 7) is 2.15. The molecule has 1 aromatic heterocycles. The first kappa shape index (κ1) is 9.65. The van der Waals surface area contributed by atoms with E-state index in [-0.39, 0.29) is 0 Å². The summed E-state index contributed by atoms with van der Waals surface area (Å²) in [5, 5.41) is 0. The largest absolute Gasteiger partial charge is 0.237 e. The average Bonchev–Trinajstić information content (AvgIpc) is 2.19. The number of hydrogen-bond acceptors (Lipinski definition) is 2. The molecular formula is C11H14N2. The standard InChI is InChI=1S/C11H14N2/c1-2-3-4-6-9-12-11-8-5-7-10-13-11/h4-10H,2-3H2,1H3. The van der Waals surface area contributed by atoms with Crippen LogP contribution in [0.2, 0.25) is 0 Å². The van der Waals surface area contributed by atoms with E-state index in [1.807, 2.05) is 24.3 Å². The Balaban J connectivity index is 2.41. The van der Waals surface area contributed by atoms with E-state index >= 15 is 0 Å². The molecule has 0 saturated carbocycles. The van der Waals surface area contributed by atoms with E-state index in [4.69, 9.17) is 0 Å². The molecular weight excluding hydrogens is 160 g/mol. The van der Waals surface area contributed by atoms with Crippen molar-refractivity contribution in [1.82, 2.24) is 4.98 Å². The molecule has 2 heteroatoms. The zero-order valence-electron chi connectivity index (χ0n) is 7.85. The number of unbranched alkanes of at least 4 members (excludes halogenated alkanes) is 1. The fourth-order valence-corrected chi connectivity index (χ4v) is 0.873. The molecule has 0 aliphatic heterocycles. The molecule has 0 aliphatic rings. The van der Waals surface area contributed by atoms with Crippen LogP contribution in [0.3, 0.4) is 0 Å². The van der Waals surface area contributed by atoms with Gasteiger partial charge in [0.05, 0.1) is 0 Å². The Morgan fingerprint density at radius 1 is 1.46 bits per heavy atom. The lowest BCUT2D eigenvalue weighted by Crippen LogP contribution is -1.71. The Morgan fingerprint density at radius 3 is 3.08 bits per heavy atom. The van der Waals surface area contributed by atoms with Crippen LogP contribution < -0.4 is 0 Å². The van der Waals surface area contributed by atoms with Crippen LogP contribution in [-0.2, 0) is 0 Å². The molecule has 1 rings (SSSR count). The topological polar surface area (TPSA) is 25.2 Å². The minimum Gasteiger partial charge on any atom is -0.237 e. The van der Waals surface area contributed by atoms with E-state index in [2.05, 4.69) is 23.0 Å². The number of aromatic nitrogens is 1. The van der Waals surface area contributed by atoms with Crippen molar-refractivity contribution in [1.29, 1.82) is 0 Å². The zero-order chi connectivity index (χ0) is 9.36. The SMILES string of the molecule is CCCC=CC=Nc1ccccn1. The van der Waals surface area contributed by atoms with E-state index in [0.29, 0.717) is 0 Å². The van der Waals surface area contributed by atoms with Gasteiger partial charge in [-0.1, -0.05) is 25.5 Å². The maximum atomic E-state index is 4.16. The highest BCUT2D eigenvalue weighted by Gasteiger charge is 1.81. The van der Waals surface area contributed by atoms with Crippen molar-refractivity contribution >= 4 is 12.0 Å². The summed E-state index contributed by atoms with van der Waals surface area (Å²) in [4.78, 5) is 8.22. The Morgan fingerprint density at radius 2 is 2.38 bits per heavy atom. The molecule has 2 nitrogen and oxygen atoms in total. The van der Waals surface area contributed by atoms with Gasteiger partial charge in [0.2, 0.25) is 0 Å². The lowest BCUT2D eigenvalue weighted by molar-refractivity contribution is 0.960. The summed E-state index contributed by atoms with van der Waals surface area (Å²) >= 11 is 0. The van der Waals surface area contributed by atoms with Gasteiger partial charge in [-0.2, -0.15) is 0 Å². The molecule has 0 amide bonds. The third-order valence-electron chi connectivity index (χ3n) is 1.53. The smallest absolute Gasteiger partial charge is 0.151 e. The van der Waals surface area contributed by atoms with Crippen molar-refractivity contribution in [3.05, 3.63) is 36.5 Å². The molecule has 1 heterocycles. The number of aliphatic imine (C=N–C) groups is 1. The molecule has 0 unspecified atom stereocenters. The van der Waals surface area contributed by atoms with Crippen molar-refractivity contribution < 1.29 is 0 Å². The van der Waals surface area contributed by atoms with Crippen LogP contribution in [0.5, 0.6) is 0 Å². The second kappa shape index (κ2) is 6.12. The summed E-state index contributed by atoms with van der Waals surface area (Å²) in [6.07, 6.45) is 9.85. The predicted molar refractivity (Wildman–Crippen MR) is 56.4 cm³/mol. The normalized spacial score (nSPS) is 11.5. The highest BCUT2D eigenvalue weighted by Crippen LogP contribution is 2.03. The molecule has 1 aromatic rings. The van der Waals surface area contributed by atoms with Crippen molar-refractivity contribution in [2.45, 2.75) is 19.8 Å². The van der Waals surface area contributed by atoms with Gasteiger partial charge in [0.1, 0.15) is 0 Å². The first-order chi connectivity index (χ1) is 6.43. The third kappa shape index (κ3) is 4.21. The first-order valence-electron chi connectivity index (χ1n) is 4.53. The molecule has 0 saturated heterocycles. The molecule has 0 spiro atoms. The lowest BCUT2D eigenvalue weighted by Gasteiger charge is -1.87. The number of hydrogen-bond donors (Lipinski definition) is 0. The minimum absolute atomic E-state index is 0.753. The van der Waals surface area contributed by atoms with Crippen LogP contribution in [0.4, 0.5) is 5.82 Å². The maximum absolute atomic E-state index is 4.16. The van der Waals surface area contributed by atoms with E-state index in [0.717, 1.165) is 12.2 Å². The fraction of sp³-hybridized carbons (Fsp3) is 0.273. The molecule has 0 aromatic carbocycles. The maximum Gasteiger partial charge on any atom is 0.151 e. The fourth-order valence-electron chi connectivity index (χ4n) is 0.873. The summed E-state index contributed by atoms with van der Waals surface area (Å²) in [7, 11) is 0. The van der Waals surface area contributed by atoms with Gasteiger partial charge in [-0.3, -0.25) is 0 Å². The van der Waals surface area contributed by atoms with Gasteiger partial charge in [0.15, 0.2) is 5.82 Å². The quantitative estimate of drug-likeness (QED) is 0.644. The summed E-state index contributed by atoms with van der Waals surface area (Å²) in [5.74, 6) is 0.753. The molecule has 0 aliphatic carbocycles. The van der Waals surface area contributed by atoms with Crippen LogP contribution >= 0.6 is 0 Å². The summed E-state index contributed by atoms with van der Waals surface area (Å²) < 4.78 is 0. The predicted octanol–water partition coefficient (Wildman–Crippen LogP) is 3.14. The lowest BCUT2D eigenvalue weighted by atomic mass is 10.3. The van der Waals surface area contributed by atoms with Crippen molar-refractivity contribution in [3.8, 4) is 0 Å². The molecule has 68 valence electrons. The Hall–Kier alpha value is -1.44. The molecule has 0 fully saturated rings. The van der Waals surface area contributed by atoms with Gasteiger partial charge in [-0.15, -0.1) is 0 Å². The van der Waals surface area contributed by atoms with E-state index in [9.17, 15) is 0 Å². The van der Waals surface area contributed by atoms with E-state index < -0.39 is 0 Å². The number of pyridine rings is 1. The first-order valence-corrected chi connectivity index (χ1v) is 4.53. The van der Waals surface area contributed by atoms with Gasteiger partial charge in [0, 0.05) is 12.4 Å². The van der Waals surface area contributed by atoms with Crippen molar-refractivity contribution in [2.24, 2.45) is 4.99 Å². The average molecular weight is 174 g/mol. The van der Waals surface area contributed by atoms with Crippen molar-refractivity contribution in [3.63, 3.8) is 0 Å². The van der Waals surface area contributed by atoms with Crippen LogP contribution in [0.1, 0.15) is 19.8 Å². The van der Waals surface area contributed by atoms with E-state index in [1.165, 1.54) is 6.42 Å². The molecule has 0 N–H and O–H groups in total. The zero-order valence-corrected chi connectivity index (χ0v) is 7.85. The van der Waals surface area contributed by atoms with Gasteiger partial charge in [-0.05, 0) is 24.6 Å². The number of allylic oxidation sites excluding steroid dienone is 2. The number of rotatable bonds is 4. The van der Waals surface area contributed by atoms with Crippen LogP contribution in [0.15, 0.2) is 41.5 Å². The molecule has 13 heavy (non-hydrogen) atoms. The summed E-state index contributed by atoms with van der Waals surface area (Å²) in [6, 6.07) is 5.69. The highest BCUT2D eigenvalue weighted by molar-refractivity contribution is 5.73. The van der Waals surface area contributed by atoms with Gasteiger partial charge < -0.3 is 0 Å². The Labute approximate surface area is 79.0 Å². The second-order valence-electron chi connectivity index (χ2n) is 2.68. The highest BCUT2D eigenvalue weighted by atomic mass is 14.9. The van der Waals surface area contributed by atoms with Gasteiger partial charge in [0.25, 0.3) is 0 Å². The summed E-state index contributed by atoms with van der Waals surface area (Å²) in [5.41, 5.74) is 0. The van der Waals surface area contributed by atoms with Crippen LogP contribution in [-0.4, -0.2) is 11.2 Å². The van der Waals surface area contributed by atoms with Crippen molar-refractivity contribution in [2.75, 3.05) is 0 Å². The Kier molecular flexibility index (Phi) is 4.54. The monoisotopic (exact) mass is 174 g/mol. The van der Waals surface area contributed by atoms with Crippen LogP contribution in [0, 0.1) is 0 Å². The van der Waals surface area contributed by atoms with Gasteiger partial charge >= 0.3 is 0 Å². The molecule has 0 bridgehead atoms. The van der Waals surface area contributed by atoms with E-state index in [1.54, 1.807) is 12.4 Å². The Bertz CT molecular complexity index is 275. The molecule has 0 atom stereocenters. The molecule has 0 radical (unpaired) electrons. The third-order valence-corrected chi connectivity index (χ3v) is 1.53. The number of nitrogens with zero attached hydrogens (tertiary/aromatic N) is 2. The van der Waals surface area contributed by atoms with Crippen LogP contribution in [0.25, 0.3) is 0 Å².